The molecule has 2 aromatic heterocycles. The van der Waals surface area contributed by atoms with Crippen LogP contribution in [0, 0.1) is 11.6 Å². The number of aromatic nitrogens is 2. The molecular weight excluding hydrogens is 506 g/mol. The first kappa shape index (κ1) is 31.5. The summed E-state index contributed by atoms with van der Waals surface area (Å²) in [6.07, 6.45) is 0. The number of hydrazine groups is 2. The van der Waals surface area contributed by atoms with Gasteiger partial charge in [0, 0.05) is 29.9 Å². The van der Waals surface area contributed by atoms with Crippen molar-refractivity contribution >= 4 is 11.9 Å². The fourth-order valence-corrected chi connectivity index (χ4v) is 2.59. The SMILES string of the molecule is CCO.CCOC(=O)c1cc(-c2cccc(F)c2)on1.NN.NNC(=O)c1cc(-c2cccc(F)c2)on1. The molecule has 2 aromatic carbocycles. The molecule has 0 saturated carbocycles. The van der Waals surface area contributed by atoms with Crippen LogP contribution in [-0.2, 0) is 4.74 Å². The minimum atomic E-state index is -0.564. The van der Waals surface area contributed by atoms with E-state index < -0.39 is 17.7 Å². The average molecular weight is 535 g/mol. The van der Waals surface area contributed by atoms with Crippen molar-refractivity contribution in [3.8, 4) is 22.6 Å². The molecule has 12 nitrogen and oxygen atoms in total. The van der Waals surface area contributed by atoms with Crippen LogP contribution < -0.4 is 23.0 Å². The summed E-state index contributed by atoms with van der Waals surface area (Å²) < 4.78 is 40.5. The summed E-state index contributed by atoms with van der Waals surface area (Å²) in [4.78, 5) is 22.4. The van der Waals surface area contributed by atoms with Gasteiger partial charge in [0.15, 0.2) is 22.9 Å². The number of halogens is 2. The van der Waals surface area contributed by atoms with Gasteiger partial charge in [-0.3, -0.25) is 21.9 Å². The van der Waals surface area contributed by atoms with Crippen LogP contribution in [0.25, 0.3) is 22.6 Å². The van der Waals surface area contributed by atoms with E-state index in [1.165, 1.54) is 42.5 Å². The van der Waals surface area contributed by atoms with E-state index in [1.54, 1.807) is 32.0 Å². The van der Waals surface area contributed by atoms with Gasteiger partial charge in [-0.2, -0.15) is 0 Å². The van der Waals surface area contributed by atoms with Gasteiger partial charge < -0.3 is 18.9 Å². The van der Waals surface area contributed by atoms with Gasteiger partial charge in [-0.25, -0.2) is 19.4 Å². The molecule has 0 radical (unpaired) electrons. The highest BCUT2D eigenvalue weighted by molar-refractivity contribution is 5.92. The van der Waals surface area contributed by atoms with E-state index in [9.17, 15) is 18.4 Å². The van der Waals surface area contributed by atoms with Crippen molar-refractivity contribution in [1.82, 2.24) is 15.7 Å². The summed E-state index contributed by atoms with van der Waals surface area (Å²) in [6, 6.07) is 14.4. The molecule has 0 unspecified atom stereocenters. The molecule has 204 valence electrons. The summed E-state index contributed by atoms with van der Waals surface area (Å²) in [5, 5.41) is 14.6. The van der Waals surface area contributed by atoms with E-state index in [0.717, 1.165) is 0 Å². The molecule has 8 N–H and O–H groups in total. The first-order valence-electron chi connectivity index (χ1n) is 10.9. The zero-order valence-corrected chi connectivity index (χ0v) is 20.6. The number of nitrogens with two attached hydrogens (primary N) is 3. The minimum Gasteiger partial charge on any atom is -0.461 e. The Morgan fingerprint density at radius 2 is 1.34 bits per heavy atom. The highest BCUT2D eigenvalue weighted by Gasteiger charge is 2.15. The Kier molecular flexibility index (Phi) is 14.1. The molecule has 4 aromatic rings. The van der Waals surface area contributed by atoms with Crippen LogP contribution in [0.2, 0.25) is 0 Å². The fraction of sp³-hybridized carbons (Fsp3) is 0.167. The third-order valence-electron chi connectivity index (χ3n) is 4.09. The van der Waals surface area contributed by atoms with Crippen LogP contribution in [0.1, 0.15) is 34.8 Å². The summed E-state index contributed by atoms with van der Waals surface area (Å²) in [7, 11) is 0. The van der Waals surface area contributed by atoms with Crippen molar-refractivity contribution in [2.24, 2.45) is 17.5 Å². The number of nitrogen functional groups attached to an aromatic ring is 1. The van der Waals surface area contributed by atoms with E-state index in [-0.39, 0.29) is 30.4 Å². The number of rotatable bonds is 5. The molecule has 0 spiro atoms. The van der Waals surface area contributed by atoms with E-state index in [2.05, 4.69) is 22.0 Å². The zero-order valence-electron chi connectivity index (χ0n) is 20.6. The van der Waals surface area contributed by atoms with E-state index in [0.29, 0.717) is 22.6 Å². The average Bonchev–Trinajstić information content (AvgIpc) is 3.61. The largest absolute Gasteiger partial charge is 0.461 e. The first-order valence-corrected chi connectivity index (χ1v) is 10.9. The molecule has 0 bridgehead atoms. The molecular formula is C24H28F2N6O6. The Hall–Kier alpha value is -4.50. The number of hydrogen-bond acceptors (Lipinski definition) is 11. The van der Waals surface area contributed by atoms with Gasteiger partial charge in [0.25, 0.3) is 5.91 Å². The number of ether oxygens (including phenoxy) is 1. The summed E-state index contributed by atoms with van der Waals surface area (Å²) in [5.74, 6) is 11.7. The Bertz CT molecular complexity index is 1280. The van der Waals surface area contributed by atoms with Crippen LogP contribution in [-0.4, -0.2) is 40.5 Å². The maximum absolute atomic E-state index is 13.0. The molecule has 1 amide bonds. The van der Waals surface area contributed by atoms with Crippen LogP contribution in [0.15, 0.2) is 69.7 Å². The summed E-state index contributed by atoms with van der Waals surface area (Å²) in [5.41, 5.74) is 3.06. The number of nitrogens with zero attached hydrogens (tertiary/aromatic N) is 2. The number of benzene rings is 2. The van der Waals surface area contributed by atoms with Gasteiger partial charge in [0.2, 0.25) is 0 Å². The monoisotopic (exact) mass is 534 g/mol. The fourth-order valence-electron chi connectivity index (χ4n) is 2.59. The van der Waals surface area contributed by atoms with Crippen molar-refractivity contribution < 1.29 is 37.3 Å². The number of carbonyl (C=O) groups is 2. The predicted molar refractivity (Wildman–Crippen MR) is 133 cm³/mol. The second-order valence-electron chi connectivity index (χ2n) is 6.68. The van der Waals surface area contributed by atoms with E-state index in [4.69, 9.17) is 24.7 Å². The standard InChI is InChI=1S/C12H10FNO3.C10H8FN3O2.C2H6O.H4N2/c1-2-16-12(15)10-7-11(17-14-10)8-4-3-5-9(13)6-8;11-7-3-1-2-6(4-7)9-5-8(14-16-9)10(15)13-12;1-2-3;1-2/h3-7H,2H2,1H3;1-5H,12H2,(H,13,15);3H,2H2,1H3;1-2H2. The predicted octanol–water partition coefficient (Wildman–Crippen LogP) is 2.56. The summed E-state index contributed by atoms with van der Waals surface area (Å²) in [6.45, 7) is 3.90. The third kappa shape index (κ3) is 9.87. The smallest absolute Gasteiger partial charge is 0.360 e. The lowest BCUT2D eigenvalue weighted by Crippen LogP contribution is -2.30. The quantitative estimate of drug-likeness (QED) is 0.109. The van der Waals surface area contributed by atoms with Gasteiger partial charge in [0.05, 0.1) is 6.61 Å². The highest BCUT2D eigenvalue weighted by Crippen LogP contribution is 2.22. The number of hydrogen-bond donors (Lipinski definition) is 5. The number of esters is 1. The Morgan fingerprint density at radius 3 is 1.76 bits per heavy atom. The minimum absolute atomic E-state index is 0.0433. The van der Waals surface area contributed by atoms with E-state index in [1.807, 2.05) is 5.43 Å². The third-order valence-corrected chi connectivity index (χ3v) is 4.09. The topological polar surface area (TPSA) is 206 Å². The van der Waals surface area contributed by atoms with Gasteiger partial charge >= 0.3 is 5.97 Å². The Balaban J connectivity index is 0.000000326. The lowest BCUT2D eigenvalue weighted by atomic mass is 10.1. The first-order chi connectivity index (χ1) is 18.3. The van der Waals surface area contributed by atoms with Crippen molar-refractivity contribution in [3.05, 3.63) is 83.7 Å². The van der Waals surface area contributed by atoms with Crippen molar-refractivity contribution in [2.45, 2.75) is 13.8 Å². The van der Waals surface area contributed by atoms with Gasteiger partial charge in [-0.05, 0) is 38.1 Å². The molecule has 4 rings (SSSR count). The number of amides is 1. The Labute approximate surface area is 216 Å². The molecule has 0 aliphatic rings. The zero-order chi connectivity index (χ0) is 28.5. The van der Waals surface area contributed by atoms with Crippen LogP contribution in [0.4, 0.5) is 8.78 Å². The van der Waals surface area contributed by atoms with Crippen LogP contribution >= 0.6 is 0 Å². The van der Waals surface area contributed by atoms with Crippen molar-refractivity contribution in [3.63, 3.8) is 0 Å². The molecule has 0 aliphatic carbocycles. The molecule has 38 heavy (non-hydrogen) atoms. The van der Waals surface area contributed by atoms with Crippen LogP contribution in [0.5, 0.6) is 0 Å². The molecule has 0 aliphatic heterocycles. The number of carbonyl (C=O) groups excluding carboxylic acids is 2. The normalized spacial score (nSPS) is 9.47. The van der Waals surface area contributed by atoms with Gasteiger partial charge in [0.1, 0.15) is 11.6 Å². The number of aliphatic hydroxyl groups is 1. The molecule has 0 saturated heterocycles. The molecule has 14 heteroatoms. The van der Waals surface area contributed by atoms with Gasteiger partial charge in [-0.1, -0.05) is 34.6 Å². The lowest BCUT2D eigenvalue weighted by Gasteiger charge is -1.95. The van der Waals surface area contributed by atoms with Crippen molar-refractivity contribution in [1.29, 1.82) is 0 Å². The van der Waals surface area contributed by atoms with Crippen molar-refractivity contribution in [2.75, 3.05) is 13.2 Å². The highest BCUT2D eigenvalue weighted by atomic mass is 19.1. The number of aliphatic hydroxyl groups excluding tert-OH is 1. The molecule has 0 atom stereocenters. The summed E-state index contributed by atoms with van der Waals surface area (Å²) >= 11 is 0. The second-order valence-corrected chi connectivity index (χ2v) is 6.68. The molecule has 2 heterocycles. The maximum Gasteiger partial charge on any atom is 0.360 e. The van der Waals surface area contributed by atoms with E-state index >= 15 is 0 Å². The maximum atomic E-state index is 13.0. The Morgan fingerprint density at radius 1 is 0.895 bits per heavy atom. The second kappa shape index (κ2) is 17.0. The lowest BCUT2D eigenvalue weighted by molar-refractivity contribution is 0.0514. The van der Waals surface area contributed by atoms with Crippen LogP contribution in [0.3, 0.4) is 0 Å². The molecule has 0 fully saturated rings. The number of nitrogens with one attached hydrogen (secondary N) is 1. The van der Waals surface area contributed by atoms with Gasteiger partial charge in [-0.15, -0.1) is 0 Å².